The summed E-state index contributed by atoms with van der Waals surface area (Å²) in [5.74, 6) is -0.0969. The van der Waals surface area contributed by atoms with Crippen LogP contribution in [0.2, 0.25) is 0 Å². The van der Waals surface area contributed by atoms with Crippen molar-refractivity contribution in [3.63, 3.8) is 0 Å². The number of carbonyl (C=O) groups excluding carboxylic acids is 3. The quantitative estimate of drug-likeness (QED) is 0.726. The molecule has 1 aliphatic rings. The SMILES string of the molecule is Cc1noc(C)c1CNC(=O)CCCN1C(=O)c2ccc(Br)cc2C1=O. The number of halogens is 1. The lowest BCUT2D eigenvalue weighted by Crippen LogP contribution is -2.32. The molecule has 26 heavy (non-hydrogen) atoms. The number of imide groups is 1. The van der Waals surface area contributed by atoms with E-state index in [9.17, 15) is 14.4 Å². The molecule has 2 aromatic rings. The average Bonchev–Trinajstić information content (AvgIpc) is 3.04. The number of amides is 3. The van der Waals surface area contributed by atoms with Crippen molar-refractivity contribution < 1.29 is 18.9 Å². The molecule has 0 unspecified atom stereocenters. The second-order valence-corrected chi connectivity index (χ2v) is 7.05. The Kier molecular flexibility index (Phi) is 5.22. The van der Waals surface area contributed by atoms with E-state index in [0.29, 0.717) is 29.9 Å². The monoisotopic (exact) mass is 419 g/mol. The van der Waals surface area contributed by atoms with Crippen LogP contribution in [0.25, 0.3) is 0 Å². The number of aryl methyl sites for hydroxylation is 2. The standard InChI is InChI=1S/C18H18BrN3O4/c1-10-15(11(2)26-21-10)9-20-16(23)4-3-7-22-17(24)13-6-5-12(19)8-14(13)18(22)25/h5-6,8H,3-4,7,9H2,1-2H3,(H,20,23). The van der Waals surface area contributed by atoms with Crippen molar-refractivity contribution in [3.8, 4) is 0 Å². The minimum absolute atomic E-state index is 0.149. The smallest absolute Gasteiger partial charge is 0.261 e. The Hall–Kier alpha value is -2.48. The lowest BCUT2D eigenvalue weighted by molar-refractivity contribution is -0.121. The van der Waals surface area contributed by atoms with E-state index in [-0.39, 0.29) is 30.7 Å². The second kappa shape index (κ2) is 7.41. The molecule has 3 amide bonds. The van der Waals surface area contributed by atoms with Gasteiger partial charge in [-0.15, -0.1) is 0 Å². The lowest BCUT2D eigenvalue weighted by atomic mass is 10.1. The summed E-state index contributed by atoms with van der Waals surface area (Å²) < 4.78 is 5.80. The maximum Gasteiger partial charge on any atom is 0.261 e. The normalized spacial score (nSPS) is 13.3. The van der Waals surface area contributed by atoms with Crippen LogP contribution >= 0.6 is 15.9 Å². The summed E-state index contributed by atoms with van der Waals surface area (Å²) in [7, 11) is 0. The van der Waals surface area contributed by atoms with E-state index in [4.69, 9.17) is 4.52 Å². The number of hydrogen-bond acceptors (Lipinski definition) is 5. The molecule has 0 fully saturated rings. The number of nitrogens with zero attached hydrogens (tertiary/aromatic N) is 2. The van der Waals surface area contributed by atoms with Crippen LogP contribution < -0.4 is 5.32 Å². The number of fused-ring (bicyclic) bond motifs is 1. The zero-order chi connectivity index (χ0) is 18.8. The highest BCUT2D eigenvalue weighted by Crippen LogP contribution is 2.26. The molecule has 0 saturated heterocycles. The van der Waals surface area contributed by atoms with Crippen LogP contribution in [0.15, 0.2) is 27.2 Å². The molecule has 8 heteroatoms. The average molecular weight is 420 g/mol. The first kappa shape index (κ1) is 18.3. The zero-order valence-electron chi connectivity index (χ0n) is 14.5. The molecular weight excluding hydrogens is 402 g/mol. The minimum Gasteiger partial charge on any atom is -0.361 e. The first-order valence-corrected chi connectivity index (χ1v) is 9.02. The van der Waals surface area contributed by atoms with Crippen LogP contribution in [0.3, 0.4) is 0 Å². The molecule has 2 heterocycles. The van der Waals surface area contributed by atoms with Crippen molar-refractivity contribution >= 4 is 33.7 Å². The summed E-state index contributed by atoms with van der Waals surface area (Å²) >= 11 is 3.30. The van der Waals surface area contributed by atoms with Crippen LogP contribution in [0, 0.1) is 13.8 Å². The van der Waals surface area contributed by atoms with Crippen LogP contribution in [0.4, 0.5) is 0 Å². The summed E-state index contributed by atoms with van der Waals surface area (Å²) in [6.45, 7) is 4.17. The number of benzene rings is 1. The van der Waals surface area contributed by atoms with Crippen LogP contribution in [-0.4, -0.2) is 34.3 Å². The van der Waals surface area contributed by atoms with Gasteiger partial charge in [0, 0.05) is 29.5 Å². The van der Waals surface area contributed by atoms with Gasteiger partial charge in [-0.05, 0) is 38.5 Å². The Morgan fingerprint density at radius 3 is 2.65 bits per heavy atom. The van der Waals surface area contributed by atoms with Gasteiger partial charge in [0.25, 0.3) is 11.8 Å². The van der Waals surface area contributed by atoms with Gasteiger partial charge in [-0.2, -0.15) is 0 Å². The molecule has 1 N–H and O–H groups in total. The Morgan fingerprint density at radius 1 is 1.23 bits per heavy atom. The van der Waals surface area contributed by atoms with Crippen LogP contribution in [0.5, 0.6) is 0 Å². The Labute approximate surface area is 158 Å². The largest absolute Gasteiger partial charge is 0.361 e. The van der Waals surface area contributed by atoms with Crippen LogP contribution in [0.1, 0.15) is 50.6 Å². The third kappa shape index (κ3) is 3.55. The molecule has 0 bridgehead atoms. The van der Waals surface area contributed by atoms with E-state index >= 15 is 0 Å². The van der Waals surface area contributed by atoms with Gasteiger partial charge in [-0.3, -0.25) is 19.3 Å². The Morgan fingerprint density at radius 2 is 1.96 bits per heavy atom. The highest BCUT2D eigenvalue weighted by Gasteiger charge is 2.35. The van der Waals surface area contributed by atoms with Gasteiger partial charge in [-0.1, -0.05) is 21.1 Å². The molecule has 0 saturated carbocycles. The topological polar surface area (TPSA) is 92.5 Å². The molecule has 7 nitrogen and oxygen atoms in total. The summed E-state index contributed by atoms with van der Waals surface area (Å²) in [5, 5.41) is 6.65. The van der Waals surface area contributed by atoms with Gasteiger partial charge in [0.15, 0.2) is 0 Å². The molecule has 0 radical (unpaired) electrons. The summed E-state index contributed by atoms with van der Waals surface area (Å²) in [6.07, 6.45) is 0.626. The third-order valence-corrected chi connectivity index (χ3v) is 4.86. The van der Waals surface area contributed by atoms with Crippen molar-refractivity contribution in [1.29, 1.82) is 0 Å². The van der Waals surface area contributed by atoms with E-state index in [1.54, 1.807) is 25.1 Å². The Bertz CT molecular complexity index is 871. The van der Waals surface area contributed by atoms with Crippen molar-refractivity contribution in [2.24, 2.45) is 0 Å². The number of rotatable bonds is 6. The fourth-order valence-corrected chi connectivity index (χ4v) is 3.25. The molecular formula is C18H18BrN3O4. The molecule has 0 spiro atoms. The molecule has 1 aliphatic heterocycles. The van der Waals surface area contributed by atoms with Gasteiger partial charge in [0.2, 0.25) is 5.91 Å². The highest BCUT2D eigenvalue weighted by molar-refractivity contribution is 9.10. The summed E-state index contributed by atoms with van der Waals surface area (Å²) in [6, 6.07) is 5.01. The van der Waals surface area contributed by atoms with Crippen molar-refractivity contribution in [2.45, 2.75) is 33.2 Å². The molecule has 136 valence electrons. The molecule has 0 aliphatic carbocycles. The summed E-state index contributed by atoms with van der Waals surface area (Å²) in [5.41, 5.74) is 2.41. The van der Waals surface area contributed by atoms with Gasteiger partial charge in [-0.25, -0.2) is 0 Å². The minimum atomic E-state index is -0.317. The van der Waals surface area contributed by atoms with Crippen molar-refractivity contribution in [2.75, 3.05) is 6.54 Å². The summed E-state index contributed by atoms with van der Waals surface area (Å²) in [4.78, 5) is 37.9. The van der Waals surface area contributed by atoms with Gasteiger partial charge < -0.3 is 9.84 Å². The van der Waals surface area contributed by atoms with E-state index in [2.05, 4.69) is 26.4 Å². The Balaban J connectivity index is 1.50. The fourth-order valence-electron chi connectivity index (χ4n) is 2.89. The first-order chi connectivity index (χ1) is 12.4. The predicted molar refractivity (Wildman–Crippen MR) is 96.6 cm³/mol. The zero-order valence-corrected chi connectivity index (χ0v) is 16.1. The van der Waals surface area contributed by atoms with E-state index in [1.807, 2.05) is 6.92 Å². The lowest BCUT2D eigenvalue weighted by Gasteiger charge is -2.13. The highest BCUT2D eigenvalue weighted by atomic mass is 79.9. The molecule has 0 atom stereocenters. The second-order valence-electron chi connectivity index (χ2n) is 6.13. The molecule has 1 aromatic carbocycles. The van der Waals surface area contributed by atoms with E-state index in [1.165, 1.54) is 4.90 Å². The number of aromatic nitrogens is 1. The first-order valence-electron chi connectivity index (χ1n) is 8.22. The number of hydrogen-bond donors (Lipinski definition) is 1. The third-order valence-electron chi connectivity index (χ3n) is 4.36. The van der Waals surface area contributed by atoms with E-state index < -0.39 is 0 Å². The van der Waals surface area contributed by atoms with Gasteiger partial charge >= 0.3 is 0 Å². The van der Waals surface area contributed by atoms with E-state index in [0.717, 1.165) is 15.7 Å². The maximum absolute atomic E-state index is 12.4. The van der Waals surface area contributed by atoms with Crippen molar-refractivity contribution in [3.05, 3.63) is 50.8 Å². The fraction of sp³-hybridized carbons (Fsp3) is 0.333. The number of carbonyl (C=O) groups is 3. The number of nitrogens with one attached hydrogen (secondary N) is 1. The van der Waals surface area contributed by atoms with Crippen LogP contribution in [-0.2, 0) is 11.3 Å². The molecule has 1 aromatic heterocycles. The van der Waals surface area contributed by atoms with Crippen molar-refractivity contribution in [1.82, 2.24) is 15.4 Å². The van der Waals surface area contributed by atoms with Gasteiger partial charge in [0.1, 0.15) is 5.76 Å². The maximum atomic E-state index is 12.4. The van der Waals surface area contributed by atoms with Gasteiger partial charge in [0.05, 0.1) is 16.8 Å². The predicted octanol–water partition coefficient (Wildman–Crippen LogP) is 2.75. The molecule has 3 rings (SSSR count).